The van der Waals surface area contributed by atoms with Gasteiger partial charge in [0, 0.05) is 38.6 Å². The lowest BCUT2D eigenvalue weighted by Crippen LogP contribution is -2.56. The first-order valence-electron chi connectivity index (χ1n) is 9.34. The van der Waals surface area contributed by atoms with Crippen molar-refractivity contribution in [2.24, 2.45) is 0 Å². The van der Waals surface area contributed by atoms with Gasteiger partial charge in [-0.3, -0.25) is 9.78 Å². The minimum Gasteiger partial charge on any atom is -0.382 e. The van der Waals surface area contributed by atoms with Crippen molar-refractivity contribution < 1.29 is 22.7 Å². The van der Waals surface area contributed by atoms with Crippen LogP contribution in [0.5, 0.6) is 0 Å². The molecule has 158 valence electrons. The summed E-state index contributed by atoms with van der Waals surface area (Å²) < 4.78 is 45.4. The van der Waals surface area contributed by atoms with Gasteiger partial charge in [-0.1, -0.05) is 6.07 Å². The first kappa shape index (κ1) is 21.6. The van der Waals surface area contributed by atoms with Crippen LogP contribution >= 0.6 is 0 Å². The molecule has 1 saturated heterocycles. The van der Waals surface area contributed by atoms with Crippen LogP contribution in [0.25, 0.3) is 0 Å². The highest BCUT2D eigenvalue weighted by atomic mass is 19.4. The van der Waals surface area contributed by atoms with E-state index in [0.29, 0.717) is 24.5 Å². The molecule has 2 heterocycles. The third kappa shape index (κ3) is 4.39. The lowest BCUT2D eigenvalue weighted by atomic mass is 10.0. The molecule has 3 rings (SSSR count). The van der Waals surface area contributed by atoms with Crippen molar-refractivity contribution in [3.8, 4) is 6.07 Å². The number of nitrogens with zero attached hydrogens (tertiary/aromatic N) is 4. The van der Waals surface area contributed by atoms with Crippen LogP contribution in [-0.2, 0) is 10.9 Å². The first-order chi connectivity index (χ1) is 14.3. The summed E-state index contributed by atoms with van der Waals surface area (Å²) in [5.74, 6) is -0.218. The fourth-order valence-corrected chi connectivity index (χ4v) is 3.62. The van der Waals surface area contributed by atoms with E-state index in [1.165, 1.54) is 19.2 Å². The number of hydrogen-bond acceptors (Lipinski definition) is 5. The lowest BCUT2D eigenvalue weighted by molar-refractivity contribution is -0.137. The fraction of sp³-hybridized carbons (Fsp3) is 0.381. The van der Waals surface area contributed by atoms with Crippen molar-refractivity contribution in [3.63, 3.8) is 0 Å². The Morgan fingerprint density at radius 1 is 1.33 bits per heavy atom. The van der Waals surface area contributed by atoms with E-state index < -0.39 is 17.3 Å². The smallest absolute Gasteiger partial charge is 0.382 e. The number of rotatable bonds is 4. The predicted molar refractivity (Wildman–Crippen MR) is 104 cm³/mol. The summed E-state index contributed by atoms with van der Waals surface area (Å²) in [5.41, 5.74) is 0.0646. The van der Waals surface area contributed by atoms with Crippen molar-refractivity contribution >= 4 is 11.6 Å². The number of methoxy groups -OCH3 is 1. The Hall–Kier alpha value is -3.12. The maximum atomic E-state index is 13.4. The SMILES string of the molecule is COCC1CN(C(=O)c2ncccc2C)CCN1c1ccc(C#N)c(C(F)(F)F)c1. The third-order valence-electron chi connectivity index (χ3n) is 5.10. The van der Waals surface area contributed by atoms with Crippen LogP contribution in [0, 0.1) is 18.3 Å². The lowest BCUT2D eigenvalue weighted by Gasteiger charge is -2.42. The van der Waals surface area contributed by atoms with E-state index in [1.54, 1.807) is 41.1 Å². The van der Waals surface area contributed by atoms with E-state index in [2.05, 4.69) is 4.98 Å². The van der Waals surface area contributed by atoms with E-state index in [4.69, 9.17) is 10.00 Å². The average molecular weight is 418 g/mol. The van der Waals surface area contributed by atoms with Gasteiger partial charge in [0.25, 0.3) is 5.91 Å². The number of anilines is 1. The highest BCUT2D eigenvalue weighted by Gasteiger charge is 2.36. The van der Waals surface area contributed by atoms with Crippen LogP contribution < -0.4 is 4.90 Å². The maximum Gasteiger partial charge on any atom is 0.417 e. The highest BCUT2D eigenvalue weighted by molar-refractivity contribution is 5.93. The summed E-state index contributed by atoms with van der Waals surface area (Å²) in [7, 11) is 1.50. The number of hydrogen-bond donors (Lipinski definition) is 0. The zero-order valence-electron chi connectivity index (χ0n) is 16.6. The van der Waals surface area contributed by atoms with Gasteiger partial charge in [0.1, 0.15) is 5.69 Å². The zero-order valence-corrected chi connectivity index (χ0v) is 16.6. The van der Waals surface area contributed by atoms with Crippen molar-refractivity contribution in [1.29, 1.82) is 5.26 Å². The van der Waals surface area contributed by atoms with Gasteiger partial charge in [-0.25, -0.2) is 0 Å². The Morgan fingerprint density at radius 3 is 2.73 bits per heavy atom. The Labute approximate surface area is 172 Å². The number of benzene rings is 1. The molecule has 6 nitrogen and oxygen atoms in total. The monoisotopic (exact) mass is 418 g/mol. The molecule has 0 saturated carbocycles. The molecule has 1 aromatic carbocycles. The van der Waals surface area contributed by atoms with Crippen molar-refractivity contribution in [2.45, 2.75) is 19.1 Å². The van der Waals surface area contributed by atoms with E-state index in [-0.39, 0.29) is 25.1 Å². The van der Waals surface area contributed by atoms with Crippen LogP contribution in [0.15, 0.2) is 36.5 Å². The largest absolute Gasteiger partial charge is 0.417 e. The first-order valence-corrected chi connectivity index (χ1v) is 9.34. The maximum absolute atomic E-state index is 13.4. The molecular weight excluding hydrogens is 397 g/mol. The molecule has 0 radical (unpaired) electrons. The summed E-state index contributed by atoms with van der Waals surface area (Å²) in [6, 6.07) is 8.47. The number of ether oxygens (including phenoxy) is 1. The highest BCUT2D eigenvalue weighted by Crippen LogP contribution is 2.35. The fourth-order valence-electron chi connectivity index (χ4n) is 3.62. The molecule has 1 fully saturated rings. The number of pyridine rings is 1. The summed E-state index contributed by atoms with van der Waals surface area (Å²) in [4.78, 5) is 20.5. The predicted octanol–water partition coefficient (Wildman–Crippen LogP) is 3.26. The summed E-state index contributed by atoms with van der Waals surface area (Å²) >= 11 is 0. The van der Waals surface area contributed by atoms with Gasteiger partial charge in [-0.15, -0.1) is 0 Å². The van der Waals surface area contributed by atoms with Crippen LogP contribution in [0.4, 0.5) is 18.9 Å². The van der Waals surface area contributed by atoms with E-state index >= 15 is 0 Å². The number of halogens is 3. The second-order valence-electron chi connectivity index (χ2n) is 7.06. The molecule has 1 aromatic heterocycles. The number of aryl methyl sites for hydroxylation is 1. The standard InChI is InChI=1S/C21H21F3N4O2/c1-14-4-3-7-26-19(14)20(29)27-8-9-28(17(12-27)13-30-2)16-6-5-15(11-25)18(10-16)21(22,23)24/h3-7,10,17H,8-9,12-13H2,1-2H3. The van der Waals surface area contributed by atoms with Crippen LogP contribution in [0.1, 0.15) is 27.2 Å². The van der Waals surface area contributed by atoms with Crippen molar-refractivity contribution in [1.82, 2.24) is 9.88 Å². The van der Waals surface area contributed by atoms with Gasteiger partial charge in [-0.2, -0.15) is 18.4 Å². The summed E-state index contributed by atoms with van der Waals surface area (Å²) in [6.07, 6.45) is -3.08. The number of nitriles is 1. The molecule has 1 aliphatic heterocycles. The van der Waals surface area contributed by atoms with E-state index in [9.17, 15) is 18.0 Å². The molecule has 0 N–H and O–H groups in total. The Balaban J connectivity index is 1.87. The van der Waals surface area contributed by atoms with Gasteiger partial charge in [0.2, 0.25) is 0 Å². The number of carbonyl (C=O) groups excluding carboxylic acids is 1. The van der Waals surface area contributed by atoms with Crippen LogP contribution in [-0.4, -0.2) is 55.2 Å². The van der Waals surface area contributed by atoms with Crippen LogP contribution in [0.2, 0.25) is 0 Å². The number of alkyl halides is 3. The average Bonchev–Trinajstić information content (AvgIpc) is 2.73. The van der Waals surface area contributed by atoms with Crippen molar-refractivity contribution in [2.75, 3.05) is 38.3 Å². The molecule has 2 aromatic rings. The molecular formula is C21H21F3N4O2. The Bertz CT molecular complexity index is 971. The molecule has 0 aliphatic carbocycles. The third-order valence-corrected chi connectivity index (χ3v) is 5.10. The number of amides is 1. The molecule has 0 spiro atoms. The Kier molecular flexibility index (Phi) is 6.27. The van der Waals surface area contributed by atoms with Gasteiger partial charge in [0.05, 0.1) is 29.8 Å². The van der Waals surface area contributed by atoms with Gasteiger partial charge in [-0.05, 0) is 36.8 Å². The molecule has 30 heavy (non-hydrogen) atoms. The molecule has 9 heteroatoms. The van der Waals surface area contributed by atoms with E-state index in [0.717, 1.165) is 11.6 Å². The van der Waals surface area contributed by atoms with Crippen LogP contribution in [0.3, 0.4) is 0 Å². The topological polar surface area (TPSA) is 69.5 Å². The zero-order chi connectivity index (χ0) is 21.9. The normalized spacial score (nSPS) is 17.0. The second kappa shape index (κ2) is 8.71. The second-order valence-corrected chi connectivity index (χ2v) is 7.06. The molecule has 1 amide bonds. The summed E-state index contributed by atoms with van der Waals surface area (Å²) in [5, 5.41) is 9.01. The molecule has 0 bridgehead atoms. The number of aromatic nitrogens is 1. The van der Waals surface area contributed by atoms with Gasteiger partial charge >= 0.3 is 6.18 Å². The Morgan fingerprint density at radius 2 is 2.10 bits per heavy atom. The number of carbonyl (C=O) groups is 1. The molecule has 1 unspecified atom stereocenters. The minimum absolute atomic E-state index is 0.218. The van der Waals surface area contributed by atoms with Gasteiger partial charge < -0.3 is 14.5 Å². The van der Waals surface area contributed by atoms with Crippen molar-refractivity contribution in [3.05, 3.63) is 58.9 Å². The molecule has 1 atom stereocenters. The number of piperazine rings is 1. The molecule has 1 aliphatic rings. The minimum atomic E-state index is -4.63. The van der Waals surface area contributed by atoms with Gasteiger partial charge in [0.15, 0.2) is 0 Å². The van der Waals surface area contributed by atoms with E-state index in [1.807, 2.05) is 0 Å². The quantitative estimate of drug-likeness (QED) is 0.763. The summed E-state index contributed by atoms with van der Waals surface area (Å²) in [6.45, 7) is 2.97.